The molecule has 1 aromatic heterocycles. The third-order valence-electron chi connectivity index (χ3n) is 3.08. The molecule has 0 spiro atoms. The van der Waals surface area contributed by atoms with Crippen LogP contribution in [0.3, 0.4) is 0 Å². The Morgan fingerprint density at radius 1 is 1.32 bits per heavy atom. The maximum atomic E-state index is 12.1. The summed E-state index contributed by atoms with van der Waals surface area (Å²) in [6.07, 6.45) is 0. The molecule has 0 saturated heterocycles. The molecule has 0 saturated carbocycles. The number of hydrogen-bond donors (Lipinski definition) is 1. The summed E-state index contributed by atoms with van der Waals surface area (Å²) in [5, 5.41) is 27.2. The highest BCUT2D eigenvalue weighted by Gasteiger charge is 2.17. The van der Waals surface area contributed by atoms with Crippen molar-refractivity contribution in [2.75, 3.05) is 0 Å². The number of azo groups is 1. The first-order valence-corrected chi connectivity index (χ1v) is 6.82. The minimum atomic E-state index is -0.573. The summed E-state index contributed by atoms with van der Waals surface area (Å²) < 4.78 is 0.930. The van der Waals surface area contributed by atoms with E-state index in [0.717, 1.165) is 4.57 Å². The molecule has 0 amide bonds. The fourth-order valence-corrected chi connectivity index (χ4v) is 2.13. The van der Waals surface area contributed by atoms with Gasteiger partial charge in [-0.25, -0.2) is 0 Å². The van der Waals surface area contributed by atoms with Crippen LogP contribution < -0.4 is 5.56 Å². The van der Waals surface area contributed by atoms with Crippen LogP contribution in [-0.4, -0.2) is 9.67 Å². The molecule has 0 unspecified atom stereocenters. The normalized spacial score (nSPS) is 10.9. The maximum Gasteiger partial charge on any atom is 0.281 e. The van der Waals surface area contributed by atoms with Gasteiger partial charge >= 0.3 is 0 Å². The molecular weight excluding hydrogens is 327 g/mol. The van der Waals surface area contributed by atoms with Gasteiger partial charge in [-0.15, -0.1) is 10.2 Å². The number of rotatable bonds is 2. The quantitative estimate of drug-likeness (QED) is 0.840. The fraction of sp³-hybridized carbons (Fsp3) is 0.143. The Hall–Kier alpha value is -2.36. The summed E-state index contributed by atoms with van der Waals surface area (Å²) in [6.45, 7) is 1.51. The largest absolute Gasteiger partial charge is 0.493 e. The number of aromatic hydroxyl groups is 1. The van der Waals surface area contributed by atoms with Crippen molar-refractivity contribution in [3.8, 4) is 11.9 Å². The van der Waals surface area contributed by atoms with E-state index in [4.69, 9.17) is 28.5 Å². The van der Waals surface area contributed by atoms with Gasteiger partial charge < -0.3 is 5.11 Å². The zero-order chi connectivity index (χ0) is 16.4. The van der Waals surface area contributed by atoms with Gasteiger partial charge in [0, 0.05) is 12.6 Å². The van der Waals surface area contributed by atoms with Crippen molar-refractivity contribution in [3.63, 3.8) is 0 Å². The van der Waals surface area contributed by atoms with Crippen molar-refractivity contribution in [1.29, 1.82) is 5.26 Å². The maximum absolute atomic E-state index is 12.1. The number of pyridine rings is 1. The third kappa shape index (κ3) is 2.69. The molecule has 1 aromatic carbocycles. The van der Waals surface area contributed by atoms with E-state index in [1.807, 2.05) is 6.07 Å². The SMILES string of the molecule is Cc1c(C#N)c(O)n(C)c(=O)c1N=Nc1cccc(Cl)c1Cl. The van der Waals surface area contributed by atoms with Gasteiger partial charge in [-0.05, 0) is 19.1 Å². The molecule has 0 bridgehead atoms. The second-order valence-corrected chi connectivity index (χ2v) is 5.21. The summed E-state index contributed by atoms with van der Waals surface area (Å²) in [6, 6.07) is 6.66. The second-order valence-electron chi connectivity index (χ2n) is 4.42. The van der Waals surface area contributed by atoms with Crippen LogP contribution in [0.1, 0.15) is 11.1 Å². The monoisotopic (exact) mass is 336 g/mol. The number of halogens is 2. The average Bonchev–Trinajstić information content (AvgIpc) is 2.49. The lowest BCUT2D eigenvalue weighted by molar-refractivity contribution is 0.421. The lowest BCUT2D eigenvalue weighted by Gasteiger charge is -2.08. The van der Waals surface area contributed by atoms with Crippen LogP contribution in [-0.2, 0) is 7.05 Å². The van der Waals surface area contributed by atoms with Crippen LogP contribution in [0.4, 0.5) is 11.4 Å². The molecule has 2 aromatic rings. The first kappa shape index (κ1) is 16.0. The summed E-state index contributed by atoms with van der Waals surface area (Å²) in [4.78, 5) is 12.1. The Kier molecular flexibility index (Phi) is 4.50. The Balaban J connectivity index is 2.62. The zero-order valence-corrected chi connectivity index (χ0v) is 13.1. The van der Waals surface area contributed by atoms with E-state index in [-0.39, 0.29) is 21.8 Å². The summed E-state index contributed by atoms with van der Waals surface area (Å²) in [5.41, 5.74) is -0.121. The highest BCUT2D eigenvalue weighted by atomic mass is 35.5. The fourth-order valence-electron chi connectivity index (χ4n) is 1.79. The number of hydrogen-bond acceptors (Lipinski definition) is 5. The van der Waals surface area contributed by atoms with E-state index in [0.29, 0.717) is 10.7 Å². The smallest absolute Gasteiger partial charge is 0.281 e. The minimum Gasteiger partial charge on any atom is -0.493 e. The van der Waals surface area contributed by atoms with Gasteiger partial charge in [0.25, 0.3) is 5.56 Å². The summed E-state index contributed by atoms with van der Waals surface area (Å²) >= 11 is 11.9. The average molecular weight is 337 g/mol. The first-order chi connectivity index (χ1) is 10.4. The van der Waals surface area contributed by atoms with Crippen LogP contribution in [0.2, 0.25) is 10.0 Å². The van der Waals surface area contributed by atoms with Crippen molar-refractivity contribution in [1.82, 2.24) is 4.57 Å². The summed E-state index contributed by atoms with van der Waals surface area (Å²) in [5.74, 6) is -0.412. The van der Waals surface area contributed by atoms with Crippen molar-refractivity contribution in [3.05, 3.63) is 49.7 Å². The third-order valence-corrected chi connectivity index (χ3v) is 3.89. The predicted octanol–water partition coefficient (Wildman–Crippen LogP) is 3.99. The highest BCUT2D eigenvalue weighted by molar-refractivity contribution is 6.43. The van der Waals surface area contributed by atoms with Gasteiger partial charge in [0.2, 0.25) is 5.88 Å². The lowest BCUT2D eigenvalue weighted by Crippen LogP contribution is -2.18. The molecule has 0 aliphatic heterocycles. The van der Waals surface area contributed by atoms with Crippen molar-refractivity contribution < 1.29 is 5.11 Å². The predicted molar refractivity (Wildman–Crippen MR) is 83.4 cm³/mol. The van der Waals surface area contributed by atoms with Gasteiger partial charge in [0.1, 0.15) is 17.3 Å². The molecule has 2 rings (SSSR count). The van der Waals surface area contributed by atoms with Crippen molar-refractivity contribution >= 4 is 34.6 Å². The Morgan fingerprint density at radius 2 is 2.00 bits per heavy atom. The molecule has 8 heteroatoms. The zero-order valence-electron chi connectivity index (χ0n) is 11.6. The van der Waals surface area contributed by atoms with E-state index < -0.39 is 11.4 Å². The molecule has 22 heavy (non-hydrogen) atoms. The molecule has 0 atom stereocenters. The Labute approximate surface area is 135 Å². The van der Waals surface area contributed by atoms with Gasteiger partial charge in [-0.2, -0.15) is 5.26 Å². The standard InChI is InChI=1S/C14H10Cl2N4O2/c1-7-8(6-17)13(21)20(2)14(22)12(7)19-18-10-5-3-4-9(15)11(10)16/h3-5,21H,1-2H3. The molecule has 0 fully saturated rings. The van der Waals surface area contributed by atoms with Crippen LogP contribution in [0.25, 0.3) is 0 Å². The Morgan fingerprint density at radius 3 is 2.64 bits per heavy atom. The number of nitrogens with zero attached hydrogens (tertiary/aromatic N) is 4. The van der Waals surface area contributed by atoms with E-state index in [1.54, 1.807) is 18.2 Å². The van der Waals surface area contributed by atoms with Crippen LogP contribution >= 0.6 is 23.2 Å². The molecular formula is C14H10Cl2N4O2. The summed E-state index contributed by atoms with van der Waals surface area (Å²) in [7, 11) is 1.34. The van der Waals surface area contributed by atoms with E-state index >= 15 is 0 Å². The molecule has 0 radical (unpaired) electrons. The van der Waals surface area contributed by atoms with Crippen LogP contribution in [0, 0.1) is 18.3 Å². The number of benzene rings is 1. The molecule has 6 nitrogen and oxygen atoms in total. The molecule has 1 heterocycles. The van der Waals surface area contributed by atoms with Gasteiger partial charge in [0.15, 0.2) is 5.69 Å². The van der Waals surface area contributed by atoms with Crippen molar-refractivity contribution in [2.45, 2.75) is 6.92 Å². The van der Waals surface area contributed by atoms with Gasteiger partial charge in [-0.3, -0.25) is 9.36 Å². The molecule has 0 aliphatic rings. The van der Waals surface area contributed by atoms with E-state index in [2.05, 4.69) is 10.2 Å². The lowest BCUT2D eigenvalue weighted by atomic mass is 10.1. The first-order valence-electron chi connectivity index (χ1n) is 6.06. The second kappa shape index (κ2) is 6.18. The molecule has 112 valence electrons. The van der Waals surface area contributed by atoms with Crippen molar-refractivity contribution in [2.24, 2.45) is 17.3 Å². The molecule has 1 N–H and O–H groups in total. The highest BCUT2D eigenvalue weighted by Crippen LogP contribution is 2.33. The van der Waals surface area contributed by atoms with Gasteiger partial charge in [0.05, 0.1) is 10.0 Å². The minimum absolute atomic E-state index is 0.0340. The topological polar surface area (TPSA) is 90.7 Å². The molecule has 0 aliphatic carbocycles. The number of nitriles is 1. The Bertz CT molecular complexity index is 882. The van der Waals surface area contributed by atoms with Crippen LogP contribution in [0.5, 0.6) is 5.88 Å². The number of aromatic nitrogens is 1. The van der Waals surface area contributed by atoms with E-state index in [1.165, 1.54) is 14.0 Å². The van der Waals surface area contributed by atoms with Crippen LogP contribution in [0.15, 0.2) is 33.2 Å². The van der Waals surface area contributed by atoms with E-state index in [9.17, 15) is 9.90 Å². The van der Waals surface area contributed by atoms with Gasteiger partial charge in [-0.1, -0.05) is 29.3 Å².